The third-order valence-corrected chi connectivity index (χ3v) is 6.53. The van der Waals surface area contributed by atoms with Crippen LogP contribution >= 0.6 is 0 Å². The Labute approximate surface area is 259 Å². The van der Waals surface area contributed by atoms with Crippen molar-refractivity contribution in [3.05, 3.63) is 94.7 Å². The van der Waals surface area contributed by atoms with E-state index in [4.69, 9.17) is 23.7 Å². The Kier molecular flexibility index (Phi) is 11.0. The number of hydrazone groups is 1. The number of rotatable bonds is 13. The van der Waals surface area contributed by atoms with Gasteiger partial charge in [-0.05, 0) is 85.6 Å². The van der Waals surface area contributed by atoms with Crippen molar-refractivity contribution in [1.29, 1.82) is 0 Å². The molecule has 2 amide bonds. The summed E-state index contributed by atoms with van der Waals surface area (Å²) < 4.78 is 26.9. The normalized spacial score (nSPS) is 15.0. The number of methoxy groups -OCH3 is 2. The van der Waals surface area contributed by atoms with Crippen LogP contribution in [-0.4, -0.2) is 63.0 Å². The molecule has 4 N–H and O–H groups in total. The summed E-state index contributed by atoms with van der Waals surface area (Å²) in [4.78, 5) is 36.9. The molecule has 0 fully saturated rings. The lowest BCUT2D eigenvalue weighted by Crippen LogP contribution is -2.45. The molecule has 1 aliphatic rings. The van der Waals surface area contributed by atoms with E-state index < -0.39 is 30.2 Å². The largest absolute Gasteiger partial charge is 0.497 e. The van der Waals surface area contributed by atoms with Crippen LogP contribution in [-0.2, 0) is 9.53 Å². The molecule has 0 aliphatic carbocycles. The summed E-state index contributed by atoms with van der Waals surface area (Å²) in [6.07, 6.45) is 0.320. The van der Waals surface area contributed by atoms with E-state index in [-0.39, 0.29) is 12.2 Å². The predicted molar refractivity (Wildman–Crippen MR) is 163 cm³/mol. The molecule has 1 aliphatic heterocycles. The summed E-state index contributed by atoms with van der Waals surface area (Å²) in [5, 5.41) is 19.7. The van der Waals surface area contributed by atoms with Gasteiger partial charge in [-0.15, -0.1) is 0 Å². The van der Waals surface area contributed by atoms with Gasteiger partial charge in [0.15, 0.2) is 17.7 Å². The zero-order valence-corrected chi connectivity index (χ0v) is 25.2. The van der Waals surface area contributed by atoms with Crippen LogP contribution in [0.3, 0.4) is 0 Å². The molecule has 0 radical (unpaired) electrons. The first-order valence-corrected chi connectivity index (χ1v) is 13.9. The number of aliphatic hydroxyl groups excluding tert-OH is 1. The topological polar surface area (TPSA) is 166 Å². The van der Waals surface area contributed by atoms with Crippen LogP contribution < -0.4 is 35.0 Å². The van der Waals surface area contributed by atoms with Crippen molar-refractivity contribution in [2.75, 3.05) is 27.4 Å². The summed E-state index contributed by atoms with van der Waals surface area (Å²) in [7, 11) is 2.81. The first kappa shape index (κ1) is 32.4. The Balaban J connectivity index is 1.32. The minimum Gasteiger partial charge on any atom is -0.497 e. The van der Waals surface area contributed by atoms with E-state index in [1.165, 1.54) is 13.3 Å². The standard InChI is InChI=1S/C32H34N4O9/c1-5-43-26-16-22(29-28(31(39)42-4)19(2)34-32(40)35-29)10-15-25(26)44-18-27(37)36-33-17-20-6-11-24(12-7-20)45-30(38)21-8-13-23(41-3)14-9-21/h6-17,27,29,36-37H,5,18H2,1-4H3,(H2,34,35,40)/b33-17+/t27-,29+/m0/s1. The monoisotopic (exact) mass is 618 g/mol. The van der Waals surface area contributed by atoms with Crippen molar-refractivity contribution < 1.29 is 43.2 Å². The summed E-state index contributed by atoms with van der Waals surface area (Å²) in [6.45, 7) is 3.57. The second-order valence-electron chi connectivity index (χ2n) is 9.60. The Morgan fingerprint density at radius 3 is 2.36 bits per heavy atom. The number of nitrogens with zero attached hydrogens (tertiary/aromatic N) is 1. The molecule has 2 atom stereocenters. The molecule has 3 aromatic rings. The van der Waals surface area contributed by atoms with Crippen molar-refractivity contribution in [3.8, 4) is 23.0 Å². The molecule has 0 spiro atoms. The summed E-state index contributed by atoms with van der Waals surface area (Å²) in [6, 6.07) is 17.0. The highest BCUT2D eigenvalue weighted by atomic mass is 16.5. The molecule has 13 heteroatoms. The average Bonchev–Trinajstić information content (AvgIpc) is 3.04. The number of aliphatic hydroxyl groups is 1. The number of amides is 2. The number of ether oxygens (including phenoxy) is 5. The SMILES string of the molecule is CCOc1cc([C@H]2NC(=O)NC(C)=C2C(=O)OC)ccc1OC[C@H](O)N/N=C/c1ccc(OC(=O)c2ccc(OC)cc2)cc1. The lowest BCUT2D eigenvalue weighted by atomic mass is 9.95. The highest BCUT2D eigenvalue weighted by molar-refractivity contribution is 5.95. The van der Waals surface area contributed by atoms with Gasteiger partial charge in [0.2, 0.25) is 0 Å². The van der Waals surface area contributed by atoms with Crippen LogP contribution in [0.5, 0.6) is 23.0 Å². The van der Waals surface area contributed by atoms with E-state index in [1.807, 2.05) is 0 Å². The first-order chi connectivity index (χ1) is 21.7. The van der Waals surface area contributed by atoms with Crippen LogP contribution in [0.15, 0.2) is 83.1 Å². The molecule has 0 saturated carbocycles. The molecule has 13 nitrogen and oxygen atoms in total. The molecule has 45 heavy (non-hydrogen) atoms. The minimum atomic E-state index is -1.17. The zero-order chi connectivity index (χ0) is 32.3. The second kappa shape index (κ2) is 15.3. The van der Waals surface area contributed by atoms with Gasteiger partial charge < -0.3 is 39.4 Å². The average molecular weight is 619 g/mol. The Bertz CT molecular complexity index is 1570. The van der Waals surface area contributed by atoms with Gasteiger partial charge in [-0.2, -0.15) is 5.10 Å². The summed E-state index contributed by atoms with van der Waals surface area (Å²) in [5.41, 5.74) is 4.87. The fourth-order valence-corrected chi connectivity index (χ4v) is 4.33. The third kappa shape index (κ3) is 8.51. The van der Waals surface area contributed by atoms with Gasteiger partial charge in [0.25, 0.3) is 0 Å². The quantitative estimate of drug-likeness (QED) is 0.0733. The van der Waals surface area contributed by atoms with Crippen molar-refractivity contribution in [1.82, 2.24) is 16.1 Å². The number of allylic oxidation sites excluding steroid dienone is 1. The van der Waals surface area contributed by atoms with Gasteiger partial charge in [0.05, 0.1) is 44.2 Å². The van der Waals surface area contributed by atoms with Crippen LogP contribution in [0, 0.1) is 0 Å². The van der Waals surface area contributed by atoms with E-state index in [2.05, 4.69) is 21.2 Å². The fourth-order valence-electron chi connectivity index (χ4n) is 4.33. The van der Waals surface area contributed by atoms with Crippen molar-refractivity contribution in [2.24, 2.45) is 5.10 Å². The van der Waals surface area contributed by atoms with E-state index in [1.54, 1.807) is 87.7 Å². The number of urea groups is 1. The molecular weight excluding hydrogens is 584 g/mol. The van der Waals surface area contributed by atoms with Crippen LogP contribution in [0.2, 0.25) is 0 Å². The fraction of sp³-hybridized carbons (Fsp3) is 0.250. The number of benzene rings is 3. The molecular formula is C32H34N4O9. The summed E-state index contributed by atoms with van der Waals surface area (Å²) >= 11 is 0. The van der Waals surface area contributed by atoms with E-state index in [0.717, 1.165) is 0 Å². The highest BCUT2D eigenvalue weighted by Crippen LogP contribution is 2.35. The highest BCUT2D eigenvalue weighted by Gasteiger charge is 2.32. The van der Waals surface area contributed by atoms with Gasteiger partial charge in [-0.1, -0.05) is 6.07 Å². The lowest BCUT2D eigenvalue weighted by molar-refractivity contribution is -0.136. The van der Waals surface area contributed by atoms with Crippen LogP contribution in [0.25, 0.3) is 0 Å². The number of nitrogens with one attached hydrogen (secondary N) is 3. The Hall–Kier alpha value is -5.56. The predicted octanol–water partition coefficient (Wildman–Crippen LogP) is 3.43. The number of carbonyl (C=O) groups is 3. The molecule has 4 rings (SSSR count). The van der Waals surface area contributed by atoms with Gasteiger partial charge in [-0.25, -0.2) is 14.4 Å². The molecule has 0 bridgehead atoms. The van der Waals surface area contributed by atoms with Gasteiger partial charge in [0, 0.05) is 5.70 Å². The molecule has 236 valence electrons. The zero-order valence-electron chi connectivity index (χ0n) is 25.2. The maximum Gasteiger partial charge on any atom is 0.343 e. The van der Waals surface area contributed by atoms with E-state index in [9.17, 15) is 19.5 Å². The Morgan fingerprint density at radius 1 is 0.978 bits per heavy atom. The van der Waals surface area contributed by atoms with Gasteiger partial charge in [0.1, 0.15) is 18.1 Å². The third-order valence-electron chi connectivity index (χ3n) is 6.53. The minimum absolute atomic E-state index is 0.173. The molecule has 0 saturated heterocycles. The first-order valence-electron chi connectivity index (χ1n) is 13.9. The van der Waals surface area contributed by atoms with E-state index >= 15 is 0 Å². The van der Waals surface area contributed by atoms with Crippen LogP contribution in [0.4, 0.5) is 4.79 Å². The van der Waals surface area contributed by atoms with Crippen molar-refractivity contribution >= 4 is 24.2 Å². The molecule has 1 heterocycles. The molecule has 3 aromatic carbocycles. The Morgan fingerprint density at radius 2 is 1.69 bits per heavy atom. The second-order valence-corrected chi connectivity index (χ2v) is 9.60. The summed E-state index contributed by atoms with van der Waals surface area (Å²) in [5.74, 6) is 0.614. The number of carbonyl (C=O) groups excluding carboxylic acids is 3. The van der Waals surface area contributed by atoms with E-state index in [0.29, 0.717) is 52.0 Å². The smallest absolute Gasteiger partial charge is 0.343 e. The van der Waals surface area contributed by atoms with Gasteiger partial charge >= 0.3 is 18.0 Å². The molecule has 0 aromatic heterocycles. The number of esters is 2. The van der Waals surface area contributed by atoms with Crippen LogP contribution in [0.1, 0.15) is 41.4 Å². The lowest BCUT2D eigenvalue weighted by Gasteiger charge is -2.28. The number of hydrogen-bond acceptors (Lipinski definition) is 11. The van der Waals surface area contributed by atoms with Crippen molar-refractivity contribution in [3.63, 3.8) is 0 Å². The maximum absolute atomic E-state index is 12.4. The van der Waals surface area contributed by atoms with Crippen molar-refractivity contribution in [2.45, 2.75) is 26.1 Å². The maximum atomic E-state index is 12.4. The van der Waals surface area contributed by atoms with Gasteiger partial charge in [-0.3, -0.25) is 5.43 Å². The molecule has 0 unspecified atom stereocenters. The number of hydrogen-bond donors (Lipinski definition) is 4.